The zero-order chi connectivity index (χ0) is 16.4. The first-order valence-electron chi connectivity index (χ1n) is 9.50. The molecule has 1 amide bonds. The maximum Gasteiger partial charge on any atom is 0.220 e. The van der Waals surface area contributed by atoms with E-state index < -0.39 is 0 Å². The molecule has 3 heterocycles. The summed E-state index contributed by atoms with van der Waals surface area (Å²) in [5.74, 6) is 0.718. The van der Waals surface area contributed by atoms with Gasteiger partial charge in [0.15, 0.2) is 0 Å². The molecule has 3 saturated heterocycles. The van der Waals surface area contributed by atoms with Gasteiger partial charge in [-0.3, -0.25) is 4.79 Å². The second-order valence-corrected chi connectivity index (χ2v) is 7.69. The van der Waals surface area contributed by atoms with Crippen LogP contribution < -0.4 is 10.6 Å². The van der Waals surface area contributed by atoms with Crippen LogP contribution >= 0.6 is 12.4 Å². The van der Waals surface area contributed by atoms with Crippen LogP contribution in [-0.4, -0.2) is 30.7 Å². The van der Waals surface area contributed by atoms with Crippen LogP contribution in [0.5, 0.6) is 0 Å². The van der Waals surface area contributed by atoms with E-state index in [4.69, 9.17) is 4.74 Å². The van der Waals surface area contributed by atoms with E-state index in [1.165, 1.54) is 12.8 Å². The molecular weight excluding hydrogens is 336 g/mol. The molecule has 0 radical (unpaired) electrons. The van der Waals surface area contributed by atoms with Crippen LogP contribution in [0.15, 0.2) is 30.3 Å². The first-order valence-corrected chi connectivity index (χ1v) is 9.50. The summed E-state index contributed by atoms with van der Waals surface area (Å²) < 4.78 is 5.88. The Hall–Kier alpha value is -1.10. The van der Waals surface area contributed by atoms with Gasteiger partial charge in [0.25, 0.3) is 0 Å². The first-order chi connectivity index (χ1) is 11.8. The molecule has 4 nitrogen and oxygen atoms in total. The van der Waals surface area contributed by atoms with Crippen LogP contribution in [0.3, 0.4) is 0 Å². The topological polar surface area (TPSA) is 50.4 Å². The molecule has 2 N–H and O–H groups in total. The predicted molar refractivity (Wildman–Crippen MR) is 101 cm³/mol. The van der Waals surface area contributed by atoms with E-state index in [0.717, 1.165) is 37.9 Å². The normalized spacial score (nSPS) is 32.0. The summed E-state index contributed by atoms with van der Waals surface area (Å²) in [6.45, 7) is 0.807. The maximum absolute atomic E-state index is 12.7. The number of rotatable bonds is 5. The van der Waals surface area contributed by atoms with Crippen LogP contribution in [0, 0.1) is 5.92 Å². The molecule has 138 valence electrons. The molecule has 1 aromatic carbocycles. The Kier molecular flexibility index (Phi) is 6.37. The molecule has 4 unspecified atom stereocenters. The number of hydrogen-bond acceptors (Lipinski definition) is 3. The SMILES string of the molecule is Cl.O=C(CC1CC2CCC(C1)N2)NC(c1ccccc1)C1CCCO1. The molecule has 3 fully saturated rings. The monoisotopic (exact) mass is 364 g/mol. The maximum atomic E-state index is 12.7. The molecule has 1 aromatic rings. The lowest BCUT2D eigenvalue weighted by molar-refractivity contribution is -0.124. The third-order valence-electron chi connectivity index (χ3n) is 5.86. The highest BCUT2D eigenvalue weighted by molar-refractivity contribution is 5.85. The van der Waals surface area contributed by atoms with E-state index in [1.807, 2.05) is 18.2 Å². The van der Waals surface area contributed by atoms with Crippen LogP contribution in [0.25, 0.3) is 0 Å². The molecule has 3 aliphatic rings. The molecular formula is C20H29ClN2O2. The van der Waals surface area contributed by atoms with E-state index in [9.17, 15) is 4.79 Å². The molecule has 0 aromatic heterocycles. The summed E-state index contributed by atoms with van der Waals surface area (Å²) in [6, 6.07) is 11.5. The van der Waals surface area contributed by atoms with Gasteiger partial charge in [0.1, 0.15) is 0 Å². The highest BCUT2D eigenvalue weighted by Crippen LogP contribution is 2.33. The van der Waals surface area contributed by atoms with E-state index in [-0.39, 0.29) is 30.5 Å². The summed E-state index contributed by atoms with van der Waals surface area (Å²) >= 11 is 0. The number of carbonyl (C=O) groups excluding carboxylic acids is 1. The van der Waals surface area contributed by atoms with Crippen LogP contribution in [0.2, 0.25) is 0 Å². The van der Waals surface area contributed by atoms with Gasteiger partial charge in [-0.25, -0.2) is 0 Å². The minimum absolute atomic E-state index is 0. The predicted octanol–water partition coefficient (Wildman–Crippen LogP) is 3.37. The number of halogens is 1. The number of ether oxygens (including phenoxy) is 1. The van der Waals surface area contributed by atoms with Gasteiger partial charge in [-0.05, 0) is 50.0 Å². The number of carbonyl (C=O) groups is 1. The van der Waals surface area contributed by atoms with Crippen molar-refractivity contribution >= 4 is 18.3 Å². The van der Waals surface area contributed by atoms with Gasteiger partial charge in [-0.2, -0.15) is 0 Å². The smallest absolute Gasteiger partial charge is 0.220 e. The Bertz CT molecular complexity index is 550. The van der Waals surface area contributed by atoms with Crippen molar-refractivity contribution in [1.82, 2.24) is 10.6 Å². The lowest BCUT2D eigenvalue weighted by Gasteiger charge is -2.30. The highest BCUT2D eigenvalue weighted by atomic mass is 35.5. The van der Waals surface area contributed by atoms with Gasteiger partial charge in [0, 0.05) is 25.1 Å². The van der Waals surface area contributed by atoms with Crippen molar-refractivity contribution in [2.24, 2.45) is 5.92 Å². The quantitative estimate of drug-likeness (QED) is 0.842. The lowest BCUT2D eigenvalue weighted by Crippen LogP contribution is -2.41. The van der Waals surface area contributed by atoms with Crippen molar-refractivity contribution < 1.29 is 9.53 Å². The Morgan fingerprint density at radius 2 is 1.88 bits per heavy atom. The third kappa shape index (κ3) is 4.55. The van der Waals surface area contributed by atoms with Crippen molar-refractivity contribution in [2.45, 2.75) is 69.2 Å². The molecule has 3 aliphatic heterocycles. The number of amides is 1. The average molecular weight is 365 g/mol. The second kappa shape index (κ2) is 8.52. The van der Waals surface area contributed by atoms with E-state index in [2.05, 4.69) is 22.8 Å². The number of nitrogens with one attached hydrogen (secondary N) is 2. The summed E-state index contributed by atoms with van der Waals surface area (Å²) in [6.07, 6.45) is 7.75. The molecule has 2 bridgehead atoms. The molecule has 0 spiro atoms. The highest BCUT2D eigenvalue weighted by Gasteiger charge is 2.35. The van der Waals surface area contributed by atoms with Crippen molar-refractivity contribution in [3.63, 3.8) is 0 Å². The fourth-order valence-electron chi connectivity index (χ4n) is 4.75. The number of fused-ring (bicyclic) bond motifs is 2. The Balaban J connectivity index is 0.00000182. The molecule has 4 atom stereocenters. The zero-order valence-corrected chi connectivity index (χ0v) is 15.5. The summed E-state index contributed by atoms with van der Waals surface area (Å²) in [7, 11) is 0. The van der Waals surface area contributed by atoms with Crippen molar-refractivity contribution in [3.8, 4) is 0 Å². The lowest BCUT2D eigenvalue weighted by atomic mass is 9.89. The van der Waals surface area contributed by atoms with Gasteiger partial charge in [-0.15, -0.1) is 12.4 Å². The van der Waals surface area contributed by atoms with E-state index in [0.29, 0.717) is 24.4 Å². The molecule has 0 saturated carbocycles. The minimum atomic E-state index is -0.0142. The molecule has 0 aliphatic carbocycles. The average Bonchev–Trinajstić information content (AvgIpc) is 3.23. The molecule has 25 heavy (non-hydrogen) atoms. The standard InChI is InChI=1S/C20H28N2O2.ClH/c23-19(13-14-11-16-8-9-17(12-14)21-16)22-20(18-7-4-10-24-18)15-5-2-1-3-6-15;/h1-3,5-6,14,16-18,20-21H,4,7-13H2,(H,22,23);1H. The van der Waals surface area contributed by atoms with Crippen LogP contribution in [0.4, 0.5) is 0 Å². The van der Waals surface area contributed by atoms with E-state index in [1.54, 1.807) is 0 Å². The van der Waals surface area contributed by atoms with Crippen molar-refractivity contribution in [2.75, 3.05) is 6.61 Å². The van der Waals surface area contributed by atoms with Crippen molar-refractivity contribution in [1.29, 1.82) is 0 Å². The van der Waals surface area contributed by atoms with E-state index >= 15 is 0 Å². The second-order valence-electron chi connectivity index (χ2n) is 7.69. The van der Waals surface area contributed by atoms with Crippen LogP contribution in [0.1, 0.15) is 56.6 Å². The number of hydrogen-bond donors (Lipinski definition) is 2. The first kappa shape index (κ1) is 18.7. The number of benzene rings is 1. The Labute approximate surface area is 156 Å². The van der Waals surface area contributed by atoms with Gasteiger partial charge >= 0.3 is 0 Å². The largest absolute Gasteiger partial charge is 0.376 e. The summed E-state index contributed by atoms with van der Waals surface area (Å²) in [4.78, 5) is 12.7. The summed E-state index contributed by atoms with van der Waals surface area (Å²) in [5.41, 5.74) is 1.16. The van der Waals surface area contributed by atoms with Crippen molar-refractivity contribution in [3.05, 3.63) is 35.9 Å². The third-order valence-corrected chi connectivity index (χ3v) is 5.86. The van der Waals surface area contributed by atoms with Gasteiger partial charge in [-0.1, -0.05) is 30.3 Å². The number of piperidine rings is 1. The summed E-state index contributed by atoms with van der Waals surface area (Å²) in [5, 5.41) is 6.94. The molecule has 5 heteroatoms. The molecule has 4 rings (SSSR count). The Morgan fingerprint density at radius 1 is 1.16 bits per heavy atom. The van der Waals surface area contributed by atoms with Gasteiger partial charge in [0.05, 0.1) is 12.1 Å². The van der Waals surface area contributed by atoms with Gasteiger partial charge < -0.3 is 15.4 Å². The minimum Gasteiger partial charge on any atom is -0.376 e. The van der Waals surface area contributed by atoms with Gasteiger partial charge in [0.2, 0.25) is 5.91 Å². The fraction of sp³-hybridized carbons (Fsp3) is 0.650. The zero-order valence-electron chi connectivity index (χ0n) is 14.7. The fourth-order valence-corrected chi connectivity index (χ4v) is 4.75. The van der Waals surface area contributed by atoms with Crippen LogP contribution in [-0.2, 0) is 9.53 Å². The Morgan fingerprint density at radius 3 is 2.52 bits per heavy atom.